The molecule has 14 heavy (non-hydrogen) atoms. The zero-order chi connectivity index (χ0) is 10.9. The van der Waals surface area contributed by atoms with Crippen molar-refractivity contribution in [1.29, 1.82) is 0 Å². The van der Waals surface area contributed by atoms with Crippen molar-refractivity contribution in [3.8, 4) is 0 Å². The van der Waals surface area contributed by atoms with Gasteiger partial charge < -0.3 is 11.1 Å². The topological polar surface area (TPSA) is 55.1 Å². The fourth-order valence-corrected chi connectivity index (χ4v) is 1.35. The van der Waals surface area contributed by atoms with E-state index in [9.17, 15) is 13.6 Å². The third kappa shape index (κ3) is 1.82. The predicted octanol–water partition coefficient (Wildman–Crippen LogP) is 0.786. The number of hydrogen-bond donors (Lipinski definition) is 2. The van der Waals surface area contributed by atoms with E-state index in [0.29, 0.717) is 0 Å². The first-order valence-electron chi connectivity index (χ1n) is 4.15. The second-order valence-corrected chi connectivity index (χ2v) is 3.46. The predicted molar refractivity (Wildman–Crippen MR) is 48.5 cm³/mol. The van der Waals surface area contributed by atoms with E-state index in [1.807, 2.05) is 0 Å². The summed E-state index contributed by atoms with van der Waals surface area (Å²) in [5, 5.41) is 2.34. The van der Waals surface area contributed by atoms with Gasteiger partial charge in [-0.25, -0.2) is 8.78 Å². The Morgan fingerprint density at radius 3 is 2.64 bits per heavy atom. The molecule has 1 aliphatic rings. The smallest absolute Gasteiger partial charge is 0.228 e. The van der Waals surface area contributed by atoms with E-state index in [1.54, 1.807) is 0 Å². The molecule has 0 bridgehead atoms. The molecule has 0 saturated heterocycles. The number of hydrogen-bond acceptors (Lipinski definition) is 2. The van der Waals surface area contributed by atoms with Crippen molar-refractivity contribution in [2.24, 2.45) is 11.7 Å². The SMILES string of the molecule is CNC(=O)C1C=C(F)C(F)=CC1(C)N. The van der Waals surface area contributed by atoms with Crippen LogP contribution in [-0.2, 0) is 4.79 Å². The average Bonchev–Trinajstić information content (AvgIpc) is 2.09. The van der Waals surface area contributed by atoms with Gasteiger partial charge in [-0.1, -0.05) is 0 Å². The molecule has 3 N–H and O–H groups in total. The molecule has 0 aromatic carbocycles. The molecule has 78 valence electrons. The van der Waals surface area contributed by atoms with Gasteiger partial charge in [-0.15, -0.1) is 0 Å². The Balaban J connectivity index is 3.04. The van der Waals surface area contributed by atoms with Gasteiger partial charge in [-0.2, -0.15) is 0 Å². The van der Waals surface area contributed by atoms with Crippen LogP contribution >= 0.6 is 0 Å². The monoisotopic (exact) mass is 202 g/mol. The Morgan fingerprint density at radius 1 is 1.57 bits per heavy atom. The summed E-state index contributed by atoms with van der Waals surface area (Å²) in [4.78, 5) is 11.3. The highest BCUT2D eigenvalue weighted by Gasteiger charge is 2.37. The fourth-order valence-electron chi connectivity index (χ4n) is 1.35. The van der Waals surface area contributed by atoms with Crippen LogP contribution in [0.1, 0.15) is 6.92 Å². The van der Waals surface area contributed by atoms with Gasteiger partial charge in [0.2, 0.25) is 5.91 Å². The number of rotatable bonds is 1. The van der Waals surface area contributed by atoms with Crippen LogP contribution in [0.25, 0.3) is 0 Å². The molecule has 1 aliphatic carbocycles. The maximum atomic E-state index is 12.8. The molecule has 0 fully saturated rings. The van der Waals surface area contributed by atoms with Crippen molar-refractivity contribution in [2.45, 2.75) is 12.5 Å². The number of amides is 1. The Morgan fingerprint density at radius 2 is 2.14 bits per heavy atom. The van der Waals surface area contributed by atoms with E-state index in [-0.39, 0.29) is 0 Å². The normalized spacial score (nSPS) is 31.9. The van der Waals surface area contributed by atoms with Gasteiger partial charge in [0.15, 0.2) is 11.7 Å². The number of carbonyl (C=O) groups is 1. The van der Waals surface area contributed by atoms with Crippen LogP contribution in [-0.4, -0.2) is 18.5 Å². The molecule has 3 nitrogen and oxygen atoms in total. The van der Waals surface area contributed by atoms with E-state index in [0.717, 1.165) is 12.2 Å². The summed E-state index contributed by atoms with van der Waals surface area (Å²) in [6, 6.07) is 0. The first-order chi connectivity index (χ1) is 6.38. The number of nitrogens with two attached hydrogens (primary N) is 1. The average molecular weight is 202 g/mol. The summed E-state index contributed by atoms with van der Waals surface area (Å²) >= 11 is 0. The minimum absolute atomic E-state index is 0.436. The molecule has 0 spiro atoms. The lowest BCUT2D eigenvalue weighted by molar-refractivity contribution is -0.124. The van der Waals surface area contributed by atoms with E-state index in [4.69, 9.17) is 5.73 Å². The van der Waals surface area contributed by atoms with Crippen molar-refractivity contribution in [1.82, 2.24) is 5.32 Å². The van der Waals surface area contributed by atoms with Gasteiger partial charge in [0, 0.05) is 12.6 Å². The maximum Gasteiger partial charge on any atom is 0.228 e. The minimum atomic E-state index is -1.19. The zero-order valence-corrected chi connectivity index (χ0v) is 7.97. The third-order valence-corrected chi connectivity index (χ3v) is 2.18. The number of nitrogens with one attached hydrogen (secondary N) is 1. The molecule has 1 rings (SSSR count). The zero-order valence-electron chi connectivity index (χ0n) is 7.97. The minimum Gasteiger partial charge on any atom is -0.359 e. The van der Waals surface area contributed by atoms with Gasteiger partial charge in [-0.05, 0) is 19.1 Å². The number of halogens is 2. The van der Waals surface area contributed by atoms with Gasteiger partial charge in [0.1, 0.15) is 0 Å². The van der Waals surface area contributed by atoms with E-state index >= 15 is 0 Å². The molecule has 1 amide bonds. The van der Waals surface area contributed by atoms with Crippen LogP contribution in [0.15, 0.2) is 23.8 Å². The van der Waals surface area contributed by atoms with Crippen molar-refractivity contribution in [3.63, 3.8) is 0 Å². The number of carbonyl (C=O) groups excluding carboxylic acids is 1. The summed E-state index contributed by atoms with van der Waals surface area (Å²) in [5.74, 6) is -3.38. The van der Waals surface area contributed by atoms with Crippen LogP contribution in [0.5, 0.6) is 0 Å². The number of allylic oxidation sites excluding steroid dienone is 2. The fraction of sp³-hybridized carbons (Fsp3) is 0.444. The molecule has 0 aromatic rings. The summed E-state index contributed by atoms with van der Waals surface area (Å²) in [6.45, 7) is 1.47. The van der Waals surface area contributed by atoms with Crippen molar-refractivity contribution in [3.05, 3.63) is 23.8 Å². The van der Waals surface area contributed by atoms with Crippen LogP contribution in [0.2, 0.25) is 0 Å². The van der Waals surface area contributed by atoms with Gasteiger partial charge in [-0.3, -0.25) is 4.79 Å². The highest BCUT2D eigenvalue weighted by molar-refractivity contribution is 5.82. The highest BCUT2D eigenvalue weighted by atomic mass is 19.2. The Labute approximate surface area is 80.7 Å². The Kier molecular flexibility index (Phi) is 2.71. The molecular weight excluding hydrogens is 190 g/mol. The van der Waals surface area contributed by atoms with Gasteiger partial charge in [0.25, 0.3) is 0 Å². The highest BCUT2D eigenvalue weighted by Crippen LogP contribution is 2.30. The lowest BCUT2D eigenvalue weighted by Crippen LogP contribution is -2.49. The van der Waals surface area contributed by atoms with Crippen molar-refractivity contribution < 1.29 is 13.6 Å². The third-order valence-electron chi connectivity index (χ3n) is 2.18. The summed E-state index contributed by atoms with van der Waals surface area (Å²) in [5.41, 5.74) is 4.47. The van der Waals surface area contributed by atoms with Crippen molar-refractivity contribution in [2.75, 3.05) is 7.05 Å². The molecular formula is C9H12F2N2O. The Bertz CT molecular complexity index is 321. The second-order valence-electron chi connectivity index (χ2n) is 3.46. The summed E-state index contributed by atoms with van der Waals surface area (Å²) in [6.07, 6.45) is 1.82. The molecule has 0 heterocycles. The first kappa shape index (κ1) is 10.8. The van der Waals surface area contributed by atoms with Crippen LogP contribution < -0.4 is 11.1 Å². The largest absolute Gasteiger partial charge is 0.359 e. The first-order valence-corrected chi connectivity index (χ1v) is 4.15. The molecule has 0 radical (unpaired) electrons. The second kappa shape index (κ2) is 3.49. The molecule has 5 heteroatoms. The quantitative estimate of drug-likeness (QED) is 0.660. The van der Waals surface area contributed by atoms with Gasteiger partial charge in [0.05, 0.1) is 5.92 Å². The molecule has 0 saturated carbocycles. The van der Waals surface area contributed by atoms with Gasteiger partial charge >= 0.3 is 0 Å². The maximum absolute atomic E-state index is 12.8. The summed E-state index contributed by atoms with van der Waals surface area (Å²) < 4.78 is 25.7. The summed E-state index contributed by atoms with van der Waals surface area (Å²) in [7, 11) is 1.42. The standard InChI is InChI=1S/C9H12F2N2O/c1-9(12)4-7(11)6(10)3-5(9)8(14)13-2/h3-5H,12H2,1-2H3,(H,13,14). The van der Waals surface area contributed by atoms with E-state index in [1.165, 1.54) is 14.0 Å². The van der Waals surface area contributed by atoms with Crippen LogP contribution in [0.3, 0.4) is 0 Å². The molecule has 2 atom stereocenters. The molecule has 0 aromatic heterocycles. The van der Waals surface area contributed by atoms with Crippen LogP contribution in [0.4, 0.5) is 8.78 Å². The Hall–Kier alpha value is -1.23. The lowest BCUT2D eigenvalue weighted by atomic mass is 9.82. The van der Waals surface area contributed by atoms with E-state index in [2.05, 4.69) is 5.32 Å². The molecule has 2 unspecified atom stereocenters. The molecule has 0 aliphatic heterocycles. The van der Waals surface area contributed by atoms with E-state index < -0.39 is 29.0 Å². The van der Waals surface area contributed by atoms with Crippen LogP contribution in [0, 0.1) is 5.92 Å². The lowest BCUT2D eigenvalue weighted by Gasteiger charge is -2.30. The van der Waals surface area contributed by atoms with Crippen molar-refractivity contribution >= 4 is 5.91 Å².